The van der Waals surface area contributed by atoms with E-state index in [0.29, 0.717) is 21.9 Å². The van der Waals surface area contributed by atoms with Crippen molar-refractivity contribution in [1.29, 1.82) is 0 Å². The number of aromatic nitrogens is 3. The molecule has 0 unspecified atom stereocenters. The van der Waals surface area contributed by atoms with Crippen LogP contribution >= 0.6 is 11.6 Å². The third-order valence-corrected chi connectivity index (χ3v) is 6.45. The van der Waals surface area contributed by atoms with Crippen molar-refractivity contribution in [2.75, 3.05) is 7.11 Å². The lowest BCUT2D eigenvalue weighted by molar-refractivity contribution is -0.137. The number of rotatable bonds is 8. The zero-order chi connectivity index (χ0) is 29.2. The number of alkyl halides is 3. The second kappa shape index (κ2) is 11.2. The van der Waals surface area contributed by atoms with Gasteiger partial charge in [-0.15, -0.1) is 5.10 Å². The topological polar surface area (TPSA) is 78.2 Å². The van der Waals surface area contributed by atoms with Crippen molar-refractivity contribution in [2.45, 2.75) is 38.7 Å². The summed E-state index contributed by atoms with van der Waals surface area (Å²) in [5.41, 5.74) is -1.60. The second-order valence-electron chi connectivity index (χ2n) is 9.58. The highest BCUT2D eigenvalue weighted by Crippen LogP contribution is 2.33. The highest BCUT2D eigenvalue weighted by Gasteiger charge is 2.33. The smallest absolute Gasteiger partial charge is 0.416 e. The molecular formula is C28H25ClF4N4O3. The molecule has 0 aliphatic heterocycles. The Morgan fingerprint density at radius 1 is 1.02 bits per heavy atom. The van der Waals surface area contributed by atoms with E-state index in [1.165, 1.54) is 48.1 Å². The van der Waals surface area contributed by atoms with E-state index in [4.69, 9.17) is 16.3 Å². The molecule has 12 heteroatoms. The normalized spacial score (nSPS) is 11.9. The van der Waals surface area contributed by atoms with E-state index in [-0.39, 0.29) is 17.9 Å². The van der Waals surface area contributed by atoms with Crippen LogP contribution in [0.4, 0.5) is 17.6 Å². The molecule has 0 fully saturated rings. The predicted molar refractivity (Wildman–Crippen MR) is 142 cm³/mol. The van der Waals surface area contributed by atoms with E-state index in [9.17, 15) is 27.2 Å². The van der Waals surface area contributed by atoms with Gasteiger partial charge in [-0.1, -0.05) is 35.9 Å². The fourth-order valence-electron chi connectivity index (χ4n) is 4.23. The van der Waals surface area contributed by atoms with Gasteiger partial charge in [-0.2, -0.15) is 13.2 Å². The van der Waals surface area contributed by atoms with Gasteiger partial charge in [0, 0.05) is 5.02 Å². The molecular weight excluding hydrogens is 552 g/mol. The molecule has 0 aliphatic rings. The number of halogens is 5. The summed E-state index contributed by atoms with van der Waals surface area (Å²) in [6.45, 7) is 2.51. The van der Waals surface area contributed by atoms with E-state index >= 15 is 0 Å². The molecule has 1 aromatic heterocycles. The molecule has 40 heavy (non-hydrogen) atoms. The van der Waals surface area contributed by atoms with Crippen molar-refractivity contribution >= 4 is 17.5 Å². The maximum atomic E-state index is 13.9. The molecule has 1 heterocycles. The molecule has 7 nitrogen and oxygen atoms in total. The van der Waals surface area contributed by atoms with Crippen LogP contribution in [0.25, 0.3) is 11.4 Å². The first-order chi connectivity index (χ1) is 18.8. The number of nitrogens with zero attached hydrogens (tertiary/aromatic N) is 3. The molecule has 4 rings (SSSR count). The number of amides is 1. The number of carbonyl (C=O) groups is 1. The minimum Gasteiger partial charge on any atom is -0.496 e. The van der Waals surface area contributed by atoms with Crippen LogP contribution in [0.15, 0.2) is 71.5 Å². The summed E-state index contributed by atoms with van der Waals surface area (Å²) in [6, 6.07) is 15.1. The van der Waals surface area contributed by atoms with Gasteiger partial charge in [0.1, 0.15) is 18.1 Å². The highest BCUT2D eigenvalue weighted by atomic mass is 35.5. The quantitative estimate of drug-likeness (QED) is 0.276. The Labute approximate surface area is 232 Å². The van der Waals surface area contributed by atoms with Gasteiger partial charge in [-0.25, -0.2) is 13.9 Å². The molecule has 0 atom stereocenters. The number of hydrogen-bond donors (Lipinski definition) is 1. The summed E-state index contributed by atoms with van der Waals surface area (Å²) in [6.07, 6.45) is -4.54. The molecule has 4 aromatic rings. The van der Waals surface area contributed by atoms with Crippen LogP contribution < -0.4 is 15.7 Å². The monoisotopic (exact) mass is 576 g/mol. The summed E-state index contributed by atoms with van der Waals surface area (Å²) >= 11 is 6.09. The number of benzene rings is 3. The average Bonchev–Trinajstić information content (AvgIpc) is 3.17. The maximum Gasteiger partial charge on any atom is 0.416 e. The van der Waals surface area contributed by atoms with E-state index < -0.39 is 41.2 Å². The number of carbonyl (C=O) groups excluding carboxylic acids is 1. The maximum absolute atomic E-state index is 13.9. The summed E-state index contributed by atoms with van der Waals surface area (Å²) in [5.74, 6) is -0.678. The molecule has 1 amide bonds. The van der Waals surface area contributed by atoms with Crippen LogP contribution in [0.1, 0.15) is 30.5 Å². The molecule has 0 saturated heterocycles. The number of ether oxygens (including phenoxy) is 1. The van der Waals surface area contributed by atoms with E-state index in [1.807, 2.05) is 0 Å². The van der Waals surface area contributed by atoms with Gasteiger partial charge in [-0.05, 0) is 67.4 Å². The first kappa shape index (κ1) is 28.9. The Morgan fingerprint density at radius 3 is 2.40 bits per heavy atom. The van der Waals surface area contributed by atoms with Crippen LogP contribution in [-0.2, 0) is 29.6 Å². The van der Waals surface area contributed by atoms with Crippen LogP contribution in [0.3, 0.4) is 0 Å². The lowest BCUT2D eigenvalue weighted by Crippen LogP contribution is -2.44. The number of nitrogens with one attached hydrogen (secondary N) is 1. The Kier molecular flexibility index (Phi) is 8.06. The zero-order valence-electron chi connectivity index (χ0n) is 21.7. The first-order valence-electron chi connectivity index (χ1n) is 12.0. The fourth-order valence-corrected chi connectivity index (χ4v) is 4.40. The Balaban J connectivity index is 1.68. The lowest BCUT2D eigenvalue weighted by atomic mass is 9.92. The Morgan fingerprint density at radius 2 is 1.73 bits per heavy atom. The van der Waals surface area contributed by atoms with Crippen molar-refractivity contribution in [1.82, 2.24) is 19.7 Å². The van der Waals surface area contributed by atoms with Gasteiger partial charge in [0.25, 0.3) is 0 Å². The van der Waals surface area contributed by atoms with E-state index in [2.05, 4.69) is 10.4 Å². The van der Waals surface area contributed by atoms with Gasteiger partial charge in [0.2, 0.25) is 5.91 Å². The van der Waals surface area contributed by atoms with Gasteiger partial charge in [0.05, 0.1) is 30.3 Å². The van der Waals surface area contributed by atoms with Gasteiger partial charge in [-0.3, -0.25) is 9.36 Å². The Bertz CT molecular complexity index is 1610. The van der Waals surface area contributed by atoms with Crippen molar-refractivity contribution in [2.24, 2.45) is 0 Å². The number of methoxy groups -OCH3 is 1. The lowest BCUT2D eigenvalue weighted by Gasteiger charge is -2.27. The molecule has 0 aliphatic carbocycles. The SMILES string of the molecule is COc1cc(Cl)ccc1-c1nn(CC(=O)NC(C)(C)c2cccc(C(F)(F)F)c2)c(=O)n1Cc1cccc(F)c1. The highest BCUT2D eigenvalue weighted by molar-refractivity contribution is 6.30. The van der Waals surface area contributed by atoms with E-state index in [0.717, 1.165) is 16.8 Å². The summed E-state index contributed by atoms with van der Waals surface area (Å²) in [7, 11) is 1.42. The third kappa shape index (κ3) is 6.36. The molecule has 1 N–H and O–H groups in total. The second-order valence-corrected chi connectivity index (χ2v) is 10.0. The summed E-state index contributed by atoms with van der Waals surface area (Å²) < 4.78 is 61.1. The van der Waals surface area contributed by atoms with Crippen LogP contribution in [-0.4, -0.2) is 27.4 Å². The standard InChI is InChI=1S/C28H25ClF4N4O3/c1-27(2,18-7-5-8-19(13-18)28(31,32)33)34-24(38)16-37-26(39)36(15-17-6-4-9-21(30)12-17)25(35-37)22-11-10-20(29)14-23(22)40-3/h4-14H,15-16H2,1-3H3,(H,34,38). The molecule has 210 valence electrons. The summed E-state index contributed by atoms with van der Waals surface area (Å²) in [5, 5.41) is 7.43. The average molecular weight is 577 g/mol. The first-order valence-corrected chi connectivity index (χ1v) is 12.4. The molecule has 0 radical (unpaired) electrons. The van der Waals surface area contributed by atoms with Crippen molar-refractivity contribution in [3.05, 3.63) is 105 Å². The zero-order valence-corrected chi connectivity index (χ0v) is 22.5. The van der Waals surface area contributed by atoms with Crippen molar-refractivity contribution in [3.63, 3.8) is 0 Å². The summed E-state index contributed by atoms with van der Waals surface area (Å²) in [4.78, 5) is 26.5. The number of hydrogen-bond acceptors (Lipinski definition) is 4. The third-order valence-electron chi connectivity index (χ3n) is 6.21. The molecule has 0 spiro atoms. The van der Waals surface area contributed by atoms with E-state index in [1.54, 1.807) is 32.0 Å². The van der Waals surface area contributed by atoms with Crippen LogP contribution in [0, 0.1) is 5.82 Å². The van der Waals surface area contributed by atoms with Crippen molar-refractivity contribution < 1.29 is 27.1 Å². The largest absolute Gasteiger partial charge is 0.496 e. The van der Waals surface area contributed by atoms with Crippen LogP contribution in [0.5, 0.6) is 5.75 Å². The van der Waals surface area contributed by atoms with Gasteiger partial charge >= 0.3 is 11.9 Å². The fraction of sp³-hybridized carbons (Fsp3) is 0.250. The predicted octanol–water partition coefficient (Wildman–Crippen LogP) is 5.63. The van der Waals surface area contributed by atoms with Crippen molar-refractivity contribution in [3.8, 4) is 17.1 Å². The van der Waals surface area contributed by atoms with Crippen LogP contribution in [0.2, 0.25) is 5.02 Å². The minimum atomic E-state index is -4.54. The molecule has 0 saturated carbocycles. The molecule has 0 bridgehead atoms. The molecule has 3 aromatic carbocycles. The van der Waals surface area contributed by atoms with Gasteiger partial charge < -0.3 is 10.1 Å². The van der Waals surface area contributed by atoms with Gasteiger partial charge in [0.15, 0.2) is 5.82 Å². The minimum absolute atomic E-state index is 0.0605. The Hall–Kier alpha value is -4.12.